The summed E-state index contributed by atoms with van der Waals surface area (Å²) in [6.07, 6.45) is 0. The number of rotatable bonds is 4. The predicted molar refractivity (Wildman–Crippen MR) is 79.4 cm³/mol. The second kappa shape index (κ2) is 6.26. The van der Waals surface area contributed by atoms with Crippen LogP contribution in [-0.2, 0) is 6.54 Å². The molecule has 0 fully saturated rings. The first-order chi connectivity index (χ1) is 9.10. The number of ether oxygens (including phenoxy) is 1. The number of methoxy groups -OCH3 is 1. The van der Waals surface area contributed by atoms with Gasteiger partial charge in [0.2, 0.25) is 0 Å². The number of nitrogens with one attached hydrogen (secondary N) is 1. The van der Waals surface area contributed by atoms with Crippen molar-refractivity contribution in [2.75, 3.05) is 12.4 Å². The van der Waals surface area contributed by atoms with Crippen LogP contribution in [0.1, 0.15) is 5.56 Å². The van der Waals surface area contributed by atoms with Crippen molar-refractivity contribution in [3.8, 4) is 5.75 Å². The molecule has 0 aliphatic heterocycles. The Bertz CT molecular complexity index is 592. The minimum atomic E-state index is -0.327. The number of halogens is 3. The highest BCUT2D eigenvalue weighted by Crippen LogP contribution is 2.27. The topological polar surface area (TPSA) is 21.3 Å². The van der Waals surface area contributed by atoms with Crippen LogP contribution in [0.5, 0.6) is 5.75 Å². The van der Waals surface area contributed by atoms with Crippen molar-refractivity contribution in [2.45, 2.75) is 6.54 Å². The van der Waals surface area contributed by atoms with Crippen molar-refractivity contribution in [1.29, 1.82) is 0 Å². The van der Waals surface area contributed by atoms with E-state index in [1.807, 2.05) is 18.2 Å². The Kier molecular flexibility index (Phi) is 4.66. The van der Waals surface area contributed by atoms with Crippen LogP contribution in [0.25, 0.3) is 0 Å². The molecule has 0 bridgehead atoms. The summed E-state index contributed by atoms with van der Waals surface area (Å²) in [6, 6.07) is 9.95. The summed E-state index contributed by atoms with van der Waals surface area (Å²) < 4.78 is 19.2. The van der Waals surface area contributed by atoms with E-state index in [2.05, 4.69) is 21.2 Å². The van der Waals surface area contributed by atoms with Crippen molar-refractivity contribution >= 4 is 33.2 Å². The van der Waals surface area contributed by atoms with Crippen molar-refractivity contribution in [3.63, 3.8) is 0 Å². The van der Waals surface area contributed by atoms with Crippen LogP contribution >= 0.6 is 27.5 Å². The number of anilines is 1. The molecule has 2 aromatic rings. The summed E-state index contributed by atoms with van der Waals surface area (Å²) in [5, 5.41) is 3.87. The quantitative estimate of drug-likeness (QED) is 0.855. The standard InChI is InChI=1S/C14H12BrClFNO/c1-19-14-7-11(17)3-5-13(14)18-8-9-6-10(16)2-4-12(9)15/h2-7,18H,8H2,1H3. The number of hydrogen-bond donors (Lipinski definition) is 1. The lowest BCUT2D eigenvalue weighted by atomic mass is 10.2. The second-order valence-electron chi connectivity index (χ2n) is 3.93. The summed E-state index contributed by atoms with van der Waals surface area (Å²) in [5.41, 5.74) is 1.75. The summed E-state index contributed by atoms with van der Waals surface area (Å²) in [5.74, 6) is 0.143. The summed E-state index contributed by atoms with van der Waals surface area (Å²) in [7, 11) is 1.51. The predicted octanol–water partition coefficient (Wildman–Crippen LogP) is 4.86. The molecular formula is C14H12BrClFNO. The van der Waals surface area contributed by atoms with Gasteiger partial charge < -0.3 is 10.1 Å². The molecule has 0 spiro atoms. The highest BCUT2D eigenvalue weighted by molar-refractivity contribution is 9.10. The van der Waals surface area contributed by atoms with Crippen molar-refractivity contribution < 1.29 is 9.13 Å². The third kappa shape index (κ3) is 3.61. The van der Waals surface area contributed by atoms with Crippen molar-refractivity contribution in [2.24, 2.45) is 0 Å². The Labute approximate surface area is 124 Å². The van der Waals surface area contributed by atoms with Crippen LogP contribution < -0.4 is 10.1 Å². The molecule has 0 atom stereocenters. The highest BCUT2D eigenvalue weighted by Gasteiger charge is 2.06. The van der Waals surface area contributed by atoms with Gasteiger partial charge in [0.1, 0.15) is 11.6 Å². The van der Waals surface area contributed by atoms with Crippen LogP contribution in [-0.4, -0.2) is 7.11 Å². The molecular weight excluding hydrogens is 333 g/mol. The van der Waals surface area contributed by atoms with Gasteiger partial charge in [-0.3, -0.25) is 0 Å². The molecule has 0 unspecified atom stereocenters. The Morgan fingerprint density at radius 3 is 2.79 bits per heavy atom. The zero-order valence-electron chi connectivity index (χ0n) is 10.2. The Hall–Kier alpha value is -1.26. The molecule has 0 amide bonds. The summed E-state index contributed by atoms with van der Waals surface area (Å²) >= 11 is 9.42. The molecule has 5 heteroatoms. The maximum absolute atomic E-state index is 13.1. The Morgan fingerprint density at radius 2 is 2.05 bits per heavy atom. The van der Waals surface area contributed by atoms with Gasteiger partial charge >= 0.3 is 0 Å². The molecule has 0 heterocycles. The van der Waals surface area contributed by atoms with Crippen LogP contribution in [0.15, 0.2) is 40.9 Å². The van der Waals surface area contributed by atoms with Crippen LogP contribution in [0.4, 0.5) is 10.1 Å². The van der Waals surface area contributed by atoms with E-state index in [0.29, 0.717) is 17.3 Å². The van der Waals surface area contributed by atoms with E-state index in [0.717, 1.165) is 15.7 Å². The molecule has 0 aromatic heterocycles. The molecule has 0 saturated heterocycles. The lowest BCUT2D eigenvalue weighted by molar-refractivity contribution is 0.413. The summed E-state index contributed by atoms with van der Waals surface area (Å²) in [4.78, 5) is 0. The normalized spacial score (nSPS) is 10.3. The zero-order chi connectivity index (χ0) is 13.8. The summed E-state index contributed by atoms with van der Waals surface area (Å²) in [6.45, 7) is 0.559. The van der Waals surface area contributed by atoms with Gasteiger partial charge in [-0.1, -0.05) is 27.5 Å². The lowest BCUT2D eigenvalue weighted by Gasteiger charge is -2.12. The Balaban J connectivity index is 2.16. The maximum atomic E-state index is 13.1. The highest BCUT2D eigenvalue weighted by atomic mass is 79.9. The van der Waals surface area contributed by atoms with Gasteiger partial charge in [-0.15, -0.1) is 0 Å². The fourth-order valence-electron chi connectivity index (χ4n) is 1.68. The first-order valence-electron chi connectivity index (χ1n) is 5.61. The van der Waals surface area contributed by atoms with Crippen LogP contribution in [0.3, 0.4) is 0 Å². The lowest BCUT2D eigenvalue weighted by Crippen LogP contribution is -2.02. The third-order valence-electron chi connectivity index (χ3n) is 2.64. The molecule has 0 aliphatic rings. The molecule has 0 aliphatic carbocycles. The smallest absolute Gasteiger partial charge is 0.144 e. The van der Waals surface area contributed by atoms with Gasteiger partial charge in [-0.2, -0.15) is 0 Å². The molecule has 2 nitrogen and oxygen atoms in total. The van der Waals surface area contributed by atoms with Crippen LogP contribution in [0.2, 0.25) is 5.02 Å². The average Bonchev–Trinajstić information content (AvgIpc) is 2.40. The van der Waals surface area contributed by atoms with E-state index in [1.54, 1.807) is 6.07 Å². The van der Waals surface area contributed by atoms with E-state index in [4.69, 9.17) is 16.3 Å². The minimum absolute atomic E-state index is 0.327. The molecule has 0 saturated carbocycles. The Morgan fingerprint density at radius 1 is 1.26 bits per heavy atom. The molecule has 2 rings (SSSR count). The number of benzene rings is 2. The SMILES string of the molecule is COc1cc(F)ccc1NCc1cc(Cl)ccc1Br. The van der Waals surface area contributed by atoms with E-state index < -0.39 is 0 Å². The molecule has 100 valence electrons. The first-order valence-corrected chi connectivity index (χ1v) is 6.78. The van der Waals surface area contributed by atoms with E-state index in [1.165, 1.54) is 19.2 Å². The van der Waals surface area contributed by atoms with E-state index in [9.17, 15) is 4.39 Å². The van der Waals surface area contributed by atoms with Crippen LogP contribution in [0, 0.1) is 5.82 Å². The van der Waals surface area contributed by atoms with Gasteiger partial charge in [-0.25, -0.2) is 4.39 Å². The fourth-order valence-corrected chi connectivity index (χ4v) is 2.26. The monoisotopic (exact) mass is 343 g/mol. The maximum Gasteiger partial charge on any atom is 0.144 e. The fraction of sp³-hybridized carbons (Fsp3) is 0.143. The molecule has 19 heavy (non-hydrogen) atoms. The zero-order valence-corrected chi connectivity index (χ0v) is 12.6. The minimum Gasteiger partial charge on any atom is -0.494 e. The van der Waals surface area contributed by atoms with Gasteiger partial charge in [-0.05, 0) is 35.9 Å². The van der Waals surface area contributed by atoms with Gasteiger partial charge in [0.15, 0.2) is 0 Å². The molecule has 0 radical (unpaired) electrons. The molecule has 1 N–H and O–H groups in total. The first kappa shape index (κ1) is 14.2. The van der Waals surface area contributed by atoms with Gasteiger partial charge in [0, 0.05) is 22.1 Å². The van der Waals surface area contributed by atoms with E-state index >= 15 is 0 Å². The van der Waals surface area contributed by atoms with E-state index in [-0.39, 0.29) is 5.82 Å². The average molecular weight is 345 g/mol. The van der Waals surface area contributed by atoms with Crippen molar-refractivity contribution in [1.82, 2.24) is 0 Å². The third-order valence-corrected chi connectivity index (χ3v) is 3.65. The molecule has 2 aromatic carbocycles. The van der Waals surface area contributed by atoms with Crippen molar-refractivity contribution in [3.05, 3.63) is 57.3 Å². The number of hydrogen-bond acceptors (Lipinski definition) is 2. The van der Waals surface area contributed by atoms with Gasteiger partial charge in [0.05, 0.1) is 12.8 Å². The second-order valence-corrected chi connectivity index (χ2v) is 5.22. The largest absolute Gasteiger partial charge is 0.494 e. The van der Waals surface area contributed by atoms with Gasteiger partial charge in [0.25, 0.3) is 0 Å².